The number of aromatic nitrogens is 2. The Bertz CT molecular complexity index is 854. The lowest BCUT2D eigenvalue weighted by molar-refractivity contribution is 0.0793. The molecular formula is C20H23N3O2S. The summed E-state index contributed by atoms with van der Waals surface area (Å²) in [6.45, 7) is 2.53. The van der Waals surface area contributed by atoms with Crippen LogP contribution in [0.15, 0.2) is 48.1 Å². The molecule has 26 heavy (non-hydrogen) atoms. The van der Waals surface area contributed by atoms with E-state index in [1.54, 1.807) is 17.7 Å². The minimum Gasteiger partial charge on any atom is -0.494 e. The fraction of sp³-hybridized carbons (Fsp3) is 0.400. The third-order valence-electron chi connectivity index (χ3n) is 5.18. The zero-order valence-electron chi connectivity index (χ0n) is 14.7. The predicted molar refractivity (Wildman–Crippen MR) is 105 cm³/mol. The Kier molecular flexibility index (Phi) is 5.04. The van der Waals surface area contributed by atoms with E-state index >= 15 is 0 Å². The molecule has 1 saturated heterocycles. The number of ether oxygens (including phenoxy) is 1. The second-order valence-electron chi connectivity index (χ2n) is 6.93. The van der Waals surface area contributed by atoms with E-state index in [2.05, 4.69) is 26.3 Å². The molecule has 0 unspecified atom stereocenters. The lowest BCUT2D eigenvalue weighted by Gasteiger charge is -2.42. The Hall–Kier alpha value is -2.18. The molecule has 1 atom stereocenters. The number of thiophene rings is 1. The SMILES string of the molecule is OC[C@]1(CCOc2ccccc2)CCCN(c2ncnc3sccc23)C1. The van der Waals surface area contributed by atoms with Crippen LogP contribution in [0.2, 0.25) is 0 Å². The zero-order chi connectivity index (χ0) is 17.8. The van der Waals surface area contributed by atoms with Gasteiger partial charge in [0.15, 0.2) is 0 Å². The quantitative estimate of drug-likeness (QED) is 0.717. The molecule has 1 fully saturated rings. The third kappa shape index (κ3) is 3.52. The number of para-hydroxylation sites is 1. The molecule has 3 heterocycles. The van der Waals surface area contributed by atoms with E-state index in [1.165, 1.54) is 0 Å². The Morgan fingerprint density at radius 2 is 2.08 bits per heavy atom. The van der Waals surface area contributed by atoms with Gasteiger partial charge in [-0.1, -0.05) is 18.2 Å². The van der Waals surface area contributed by atoms with Crippen LogP contribution in [0.4, 0.5) is 5.82 Å². The maximum Gasteiger partial charge on any atom is 0.140 e. The van der Waals surface area contributed by atoms with Gasteiger partial charge in [0.05, 0.1) is 18.6 Å². The predicted octanol–water partition coefficient (Wildman–Crippen LogP) is 3.74. The summed E-state index contributed by atoms with van der Waals surface area (Å²) >= 11 is 1.64. The number of rotatable bonds is 6. The maximum absolute atomic E-state index is 10.2. The van der Waals surface area contributed by atoms with E-state index in [0.29, 0.717) is 6.61 Å². The first-order valence-corrected chi connectivity index (χ1v) is 9.90. The summed E-state index contributed by atoms with van der Waals surface area (Å²) < 4.78 is 5.88. The average Bonchev–Trinajstić information content (AvgIpc) is 3.18. The van der Waals surface area contributed by atoms with Crippen LogP contribution < -0.4 is 9.64 Å². The van der Waals surface area contributed by atoms with Gasteiger partial charge in [-0.3, -0.25) is 0 Å². The zero-order valence-corrected chi connectivity index (χ0v) is 15.5. The highest BCUT2D eigenvalue weighted by Gasteiger charge is 2.36. The van der Waals surface area contributed by atoms with Gasteiger partial charge in [-0.15, -0.1) is 11.3 Å². The van der Waals surface area contributed by atoms with Gasteiger partial charge in [0.2, 0.25) is 0 Å². The summed E-state index contributed by atoms with van der Waals surface area (Å²) in [5.41, 5.74) is -0.152. The van der Waals surface area contributed by atoms with Crippen molar-refractivity contribution in [2.45, 2.75) is 19.3 Å². The summed E-state index contributed by atoms with van der Waals surface area (Å²) in [4.78, 5) is 12.2. The number of aliphatic hydroxyl groups excluding tert-OH is 1. The Balaban J connectivity index is 1.47. The van der Waals surface area contributed by atoms with Gasteiger partial charge in [-0.05, 0) is 42.8 Å². The monoisotopic (exact) mass is 369 g/mol. The first-order valence-electron chi connectivity index (χ1n) is 9.02. The summed E-state index contributed by atoms with van der Waals surface area (Å²) in [5, 5.41) is 13.3. The molecule has 0 aliphatic carbocycles. The second kappa shape index (κ2) is 7.60. The molecule has 1 aromatic carbocycles. The van der Waals surface area contributed by atoms with E-state index in [0.717, 1.165) is 54.1 Å². The van der Waals surface area contributed by atoms with Crippen LogP contribution in [-0.2, 0) is 0 Å². The van der Waals surface area contributed by atoms with Crippen LogP contribution in [0.5, 0.6) is 5.75 Å². The van der Waals surface area contributed by atoms with Gasteiger partial charge in [-0.2, -0.15) is 0 Å². The van der Waals surface area contributed by atoms with Crippen LogP contribution in [0.1, 0.15) is 19.3 Å². The fourth-order valence-corrected chi connectivity index (χ4v) is 4.46. The van der Waals surface area contributed by atoms with Crippen LogP contribution >= 0.6 is 11.3 Å². The molecule has 0 amide bonds. The third-order valence-corrected chi connectivity index (χ3v) is 6.00. The normalized spacial score (nSPS) is 20.4. The van der Waals surface area contributed by atoms with E-state index in [1.807, 2.05) is 30.3 Å². The number of anilines is 1. The van der Waals surface area contributed by atoms with E-state index < -0.39 is 0 Å². The van der Waals surface area contributed by atoms with Crippen molar-refractivity contribution in [3.8, 4) is 5.75 Å². The van der Waals surface area contributed by atoms with E-state index in [-0.39, 0.29) is 12.0 Å². The van der Waals surface area contributed by atoms with Crippen molar-refractivity contribution in [2.24, 2.45) is 5.41 Å². The Morgan fingerprint density at radius 3 is 2.92 bits per heavy atom. The number of nitrogens with zero attached hydrogens (tertiary/aromatic N) is 3. The van der Waals surface area contributed by atoms with Gasteiger partial charge in [-0.25, -0.2) is 9.97 Å². The van der Waals surface area contributed by atoms with Crippen molar-refractivity contribution in [3.05, 3.63) is 48.1 Å². The number of hydrogen-bond donors (Lipinski definition) is 1. The molecule has 136 valence electrons. The van der Waals surface area contributed by atoms with Gasteiger partial charge in [0.1, 0.15) is 22.7 Å². The molecular weight excluding hydrogens is 346 g/mol. The molecule has 4 rings (SSSR count). The van der Waals surface area contributed by atoms with Crippen molar-refractivity contribution in [1.29, 1.82) is 0 Å². The smallest absolute Gasteiger partial charge is 0.140 e. The Labute approximate surface area is 157 Å². The maximum atomic E-state index is 10.2. The molecule has 1 N–H and O–H groups in total. The van der Waals surface area contributed by atoms with Crippen molar-refractivity contribution in [3.63, 3.8) is 0 Å². The molecule has 6 heteroatoms. The number of aliphatic hydroxyl groups is 1. The average molecular weight is 369 g/mol. The summed E-state index contributed by atoms with van der Waals surface area (Å²) in [6.07, 6.45) is 4.52. The molecule has 5 nitrogen and oxygen atoms in total. The molecule has 0 saturated carbocycles. The van der Waals surface area contributed by atoms with Crippen molar-refractivity contribution in [1.82, 2.24) is 9.97 Å². The molecule has 0 radical (unpaired) electrons. The fourth-order valence-electron chi connectivity index (χ4n) is 3.73. The highest BCUT2D eigenvalue weighted by atomic mass is 32.1. The lowest BCUT2D eigenvalue weighted by Crippen LogP contribution is -2.46. The van der Waals surface area contributed by atoms with E-state index in [9.17, 15) is 5.11 Å². The largest absolute Gasteiger partial charge is 0.494 e. The molecule has 2 aromatic heterocycles. The molecule has 1 aliphatic heterocycles. The Morgan fingerprint density at radius 1 is 1.19 bits per heavy atom. The highest BCUT2D eigenvalue weighted by Crippen LogP contribution is 2.37. The summed E-state index contributed by atoms with van der Waals surface area (Å²) in [5.74, 6) is 1.86. The molecule has 0 bridgehead atoms. The second-order valence-corrected chi connectivity index (χ2v) is 7.83. The molecule has 1 aliphatic rings. The highest BCUT2D eigenvalue weighted by molar-refractivity contribution is 7.16. The molecule has 0 spiro atoms. The number of benzene rings is 1. The van der Waals surface area contributed by atoms with Crippen molar-refractivity contribution >= 4 is 27.4 Å². The van der Waals surface area contributed by atoms with E-state index in [4.69, 9.17) is 4.74 Å². The van der Waals surface area contributed by atoms with Crippen molar-refractivity contribution in [2.75, 3.05) is 31.2 Å². The van der Waals surface area contributed by atoms with Crippen LogP contribution in [0.25, 0.3) is 10.2 Å². The van der Waals surface area contributed by atoms with Crippen LogP contribution in [0.3, 0.4) is 0 Å². The minimum absolute atomic E-state index is 0.152. The number of hydrogen-bond acceptors (Lipinski definition) is 6. The summed E-state index contributed by atoms with van der Waals surface area (Å²) in [6, 6.07) is 11.9. The van der Waals surface area contributed by atoms with Crippen LogP contribution in [-0.4, -0.2) is 41.4 Å². The van der Waals surface area contributed by atoms with Crippen molar-refractivity contribution < 1.29 is 9.84 Å². The number of fused-ring (bicyclic) bond motifs is 1. The van der Waals surface area contributed by atoms with Gasteiger partial charge in [0, 0.05) is 18.5 Å². The minimum atomic E-state index is -0.152. The van der Waals surface area contributed by atoms with Gasteiger partial charge < -0.3 is 14.7 Å². The van der Waals surface area contributed by atoms with Gasteiger partial charge in [0.25, 0.3) is 0 Å². The first-order chi connectivity index (χ1) is 12.8. The molecule has 3 aromatic rings. The van der Waals surface area contributed by atoms with Gasteiger partial charge >= 0.3 is 0 Å². The number of piperidine rings is 1. The lowest BCUT2D eigenvalue weighted by atomic mass is 9.78. The van der Waals surface area contributed by atoms with Crippen LogP contribution in [0, 0.1) is 5.41 Å². The first kappa shape index (κ1) is 17.2. The summed E-state index contributed by atoms with van der Waals surface area (Å²) in [7, 11) is 0. The standard InChI is InChI=1S/C20H23N3O2S/c24-14-20(9-11-25-16-5-2-1-3-6-16)8-4-10-23(13-20)18-17-7-12-26-19(17)22-15-21-18/h1-3,5-7,12,15,24H,4,8-11,13-14H2/t20-/m0/s1. The topological polar surface area (TPSA) is 58.5 Å².